The molecule has 3 aromatic carbocycles. The predicted molar refractivity (Wildman–Crippen MR) is 132 cm³/mol. The first-order valence-corrected chi connectivity index (χ1v) is 13.1. The third kappa shape index (κ3) is 5.44. The molecule has 0 fully saturated rings. The standard InChI is InChI=1S/C22H20BrClN2O3S2/c1-3-26(31(28,29)19-11-9-18(30-2)10-12-19)17-7-4-15(5-8-17)22(27)25-16-6-13-20(23)21(24)14-16/h4-14H,3H2,1-2H3,(H,25,27). The first kappa shape index (κ1) is 23.7. The van der Waals surface area contributed by atoms with Gasteiger partial charge in [-0.05, 0) is 95.8 Å². The van der Waals surface area contributed by atoms with E-state index in [2.05, 4.69) is 21.2 Å². The molecule has 0 radical (unpaired) electrons. The predicted octanol–water partition coefficient (Wildman–Crippen LogP) is 6.29. The third-order valence-corrected chi connectivity index (χ3v) is 8.42. The molecule has 1 amide bonds. The SMILES string of the molecule is CCN(c1ccc(C(=O)Nc2ccc(Br)c(Cl)c2)cc1)S(=O)(=O)c1ccc(SC)cc1. The van der Waals surface area contributed by atoms with E-state index in [-0.39, 0.29) is 17.3 Å². The van der Waals surface area contributed by atoms with E-state index in [0.29, 0.717) is 22.0 Å². The van der Waals surface area contributed by atoms with Crippen LogP contribution in [0, 0.1) is 0 Å². The number of nitrogens with zero attached hydrogens (tertiary/aromatic N) is 1. The van der Waals surface area contributed by atoms with E-state index >= 15 is 0 Å². The summed E-state index contributed by atoms with van der Waals surface area (Å²) in [4.78, 5) is 13.8. The van der Waals surface area contributed by atoms with Gasteiger partial charge in [0.25, 0.3) is 15.9 Å². The number of halogens is 2. The number of anilines is 2. The number of carbonyl (C=O) groups excluding carboxylic acids is 1. The van der Waals surface area contributed by atoms with Gasteiger partial charge in [-0.15, -0.1) is 11.8 Å². The molecule has 0 saturated heterocycles. The van der Waals surface area contributed by atoms with Gasteiger partial charge in [0.05, 0.1) is 15.6 Å². The highest BCUT2D eigenvalue weighted by Gasteiger charge is 2.23. The summed E-state index contributed by atoms with van der Waals surface area (Å²) < 4.78 is 28.3. The van der Waals surface area contributed by atoms with Crippen LogP contribution >= 0.6 is 39.3 Å². The van der Waals surface area contributed by atoms with Crippen LogP contribution in [0.15, 0.2) is 81.0 Å². The Morgan fingerprint density at radius 3 is 2.26 bits per heavy atom. The van der Waals surface area contributed by atoms with Crippen LogP contribution in [0.5, 0.6) is 0 Å². The highest BCUT2D eigenvalue weighted by molar-refractivity contribution is 9.10. The molecule has 0 aliphatic rings. The van der Waals surface area contributed by atoms with Crippen molar-refractivity contribution >= 4 is 66.6 Å². The smallest absolute Gasteiger partial charge is 0.264 e. The molecule has 0 aliphatic heterocycles. The fourth-order valence-corrected chi connectivity index (χ4v) is 5.23. The van der Waals surface area contributed by atoms with Gasteiger partial charge in [-0.2, -0.15) is 0 Å². The number of sulfonamides is 1. The molecule has 0 spiro atoms. The van der Waals surface area contributed by atoms with Crippen molar-refractivity contribution in [2.45, 2.75) is 16.7 Å². The van der Waals surface area contributed by atoms with Gasteiger partial charge in [0.1, 0.15) is 0 Å². The zero-order valence-electron chi connectivity index (χ0n) is 16.8. The summed E-state index contributed by atoms with van der Waals surface area (Å²) in [5.74, 6) is -0.316. The monoisotopic (exact) mass is 538 g/mol. The summed E-state index contributed by atoms with van der Waals surface area (Å²) in [7, 11) is -3.72. The van der Waals surface area contributed by atoms with Crippen molar-refractivity contribution in [1.29, 1.82) is 0 Å². The molecule has 0 heterocycles. The van der Waals surface area contributed by atoms with Gasteiger partial charge in [-0.3, -0.25) is 9.10 Å². The number of thioether (sulfide) groups is 1. The average Bonchev–Trinajstić information content (AvgIpc) is 2.77. The van der Waals surface area contributed by atoms with Crippen molar-refractivity contribution in [2.75, 3.05) is 22.4 Å². The lowest BCUT2D eigenvalue weighted by Gasteiger charge is -2.23. The largest absolute Gasteiger partial charge is 0.322 e. The summed E-state index contributed by atoms with van der Waals surface area (Å²) in [6.07, 6.45) is 1.94. The van der Waals surface area contributed by atoms with Crippen molar-refractivity contribution in [3.8, 4) is 0 Å². The molecule has 3 aromatic rings. The molecule has 162 valence electrons. The van der Waals surface area contributed by atoms with E-state index in [1.54, 1.807) is 85.4 Å². The summed E-state index contributed by atoms with van der Waals surface area (Å²) in [5.41, 5.74) is 1.45. The Balaban J connectivity index is 1.80. The number of benzene rings is 3. The molecule has 3 rings (SSSR count). The van der Waals surface area contributed by atoms with Crippen LogP contribution in [0.25, 0.3) is 0 Å². The molecule has 0 unspecified atom stereocenters. The minimum absolute atomic E-state index is 0.223. The number of nitrogens with one attached hydrogen (secondary N) is 1. The second-order valence-corrected chi connectivity index (χ2v) is 10.5. The van der Waals surface area contributed by atoms with Gasteiger partial charge < -0.3 is 5.32 Å². The molecule has 9 heteroatoms. The molecule has 0 saturated carbocycles. The van der Waals surface area contributed by atoms with Crippen molar-refractivity contribution < 1.29 is 13.2 Å². The summed E-state index contributed by atoms with van der Waals surface area (Å²) >= 11 is 10.9. The van der Waals surface area contributed by atoms with Gasteiger partial charge in [0.15, 0.2) is 0 Å². The Bertz CT molecular complexity index is 1180. The number of carbonyl (C=O) groups is 1. The lowest BCUT2D eigenvalue weighted by molar-refractivity contribution is 0.102. The summed E-state index contributed by atoms with van der Waals surface area (Å²) in [5, 5.41) is 3.27. The maximum atomic E-state index is 13.1. The number of hydrogen-bond acceptors (Lipinski definition) is 4. The second-order valence-electron chi connectivity index (χ2n) is 6.48. The van der Waals surface area contributed by atoms with Crippen molar-refractivity contribution in [3.63, 3.8) is 0 Å². The van der Waals surface area contributed by atoms with Gasteiger partial charge in [0.2, 0.25) is 0 Å². The topological polar surface area (TPSA) is 66.5 Å². The molecular weight excluding hydrogens is 520 g/mol. The fourth-order valence-electron chi connectivity index (χ4n) is 2.92. The maximum absolute atomic E-state index is 13.1. The minimum Gasteiger partial charge on any atom is -0.322 e. The molecular formula is C22H20BrClN2O3S2. The first-order chi connectivity index (χ1) is 14.8. The molecule has 0 aromatic heterocycles. The van der Waals surface area contributed by atoms with Crippen LogP contribution in [0.2, 0.25) is 5.02 Å². The molecule has 31 heavy (non-hydrogen) atoms. The Morgan fingerprint density at radius 2 is 1.71 bits per heavy atom. The minimum atomic E-state index is -3.72. The summed E-state index contributed by atoms with van der Waals surface area (Å²) in [6, 6.07) is 18.4. The zero-order valence-corrected chi connectivity index (χ0v) is 20.8. The maximum Gasteiger partial charge on any atom is 0.264 e. The van der Waals surface area contributed by atoms with Crippen LogP contribution in [-0.4, -0.2) is 27.1 Å². The number of amides is 1. The van der Waals surface area contributed by atoms with Crippen LogP contribution in [0.3, 0.4) is 0 Å². The molecule has 5 nitrogen and oxygen atoms in total. The average molecular weight is 540 g/mol. The lowest BCUT2D eigenvalue weighted by atomic mass is 10.2. The Hall–Kier alpha value is -2.00. The van der Waals surface area contributed by atoms with E-state index in [9.17, 15) is 13.2 Å². The first-order valence-electron chi connectivity index (χ1n) is 9.29. The van der Waals surface area contributed by atoms with E-state index in [0.717, 1.165) is 9.37 Å². The molecule has 1 N–H and O–H groups in total. The van der Waals surface area contributed by atoms with E-state index in [4.69, 9.17) is 11.6 Å². The Labute approximate surface area is 200 Å². The number of rotatable bonds is 7. The van der Waals surface area contributed by atoms with Crippen LogP contribution in [0.1, 0.15) is 17.3 Å². The van der Waals surface area contributed by atoms with E-state index in [1.165, 1.54) is 4.31 Å². The molecule has 0 atom stereocenters. The van der Waals surface area contributed by atoms with Crippen molar-refractivity contribution in [3.05, 3.63) is 81.8 Å². The Morgan fingerprint density at radius 1 is 1.06 bits per heavy atom. The third-order valence-electron chi connectivity index (χ3n) is 4.53. The van der Waals surface area contributed by atoms with Gasteiger partial charge in [-0.25, -0.2) is 8.42 Å². The quantitative estimate of drug-likeness (QED) is 0.358. The molecule has 0 bridgehead atoms. The highest BCUT2D eigenvalue weighted by Crippen LogP contribution is 2.27. The van der Waals surface area contributed by atoms with E-state index < -0.39 is 10.0 Å². The van der Waals surface area contributed by atoms with Gasteiger partial charge in [0, 0.05) is 27.2 Å². The number of hydrogen-bond donors (Lipinski definition) is 1. The van der Waals surface area contributed by atoms with Crippen molar-refractivity contribution in [2.24, 2.45) is 0 Å². The van der Waals surface area contributed by atoms with Crippen LogP contribution in [0.4, 0.5) is 11.4 Å². The van der Waals surface area contributed by atoms with Gasteiger partial charge >= 0.3 is 0 Å². The van der Waals surface area contributed by atoms with Gasteiger partial charge in [-0.1, -0.05) is 11.6 Å². The normalized spacial score (nSPS) is 11.2. The van der Waals surface area contributed by atoms with Crippen molar-refractivity contribution in [1.82, 2.24) is 0 Å². The Kier molecular flexibility index (Phi) is 7.69. The fraction of sp³-hybridized carbons (Fsp3) is 0.136. The van der Waals surface area contributed by atoms with Crippen LogP contribution < -0.4 is 9.62 Å². The second kappa shape index (κ2) is 10.1. The van der Waals surface area contributed by atoms with E-state index in [1.807, 2.05) is 6.26 Å². The lowest BCUT2D eigenvalue weighted by Crippen LogP contribution is -2.30. The summed E-state index contributed by atoms with van der Waals surface area (Å²) in [6.45, 7) is 2.03. The molecule has 0 aliphatic carbocycles. The zero-order chi connectivity index (χ0) is 22.6. The van der Waals surface area contributed by atoms with Crippen LogP contribution in [-0.2, 0) is 10.0 Å². The highest BCUT2D eigenvalue weighted by atomic mass is 79.9.